The summed E-state index contributed by atoms with van der Waals surface area (Å²) in [5.74, 6) is -3.81. The lowest BCUT2D eigenvalue weighted by molar-refractivity contribution is -0.746. The number of hydrogen-bond acceptors (Lipinski definition) is 4. The van der Waals surface area contributed by atoms with Gasteiger partial charge in [0.2, 0.25) is 18.5 Å². The molecule has 0 radical (unpaired) electrons. The summed E-state index contributed by atoms with van der Waals surface area (Å²) >= 11 is 0. The topological polar surface area (TPSA) is 71.5 Å². The molecule has 0 atom stereocenters. The highest BCUT2D eigenvalue weighted by Crippen LogP contribution is 2.40. The Labute approximate surface area is 205 Å². The molecule has 0 saturated heterocycles. The smallest absolute Gasteiger partial charge is 0.354 e. The molecule has 0 fully saturated rings. The maximum Gasteiger partial charge on any atom is 0.417 e. The van der Waals surface area contributed by atoms with E-state index in [1.807, 2.05) is 0 Å². The molecule has 38 heavy (non-hydrogen) atoms. The lowest BCUT2D eigenvalue weighted by Gasteiger charge is -2.14. The first-order chi connectivity index (χ1) is 17.8. The second-order valence-electron chi connectivity index (χ2n) is 8.04. The molecule has 0 unspecified atom stereocenters. The summed E-state index contributed by atoms with van der Waals surface area (Å²) in [7, 11) is 0. The van der Waals surface area contributed by atoms with Crippen molar-refractivity contribution in [3.8, 4) is 22.6 Å². The van der Waals surface area contributed by atoms with E-state index in [9.17, 15) is 39.5 Å². The van der Waals surface area contributed by atoms with Crippen molar-refractivity contribution < 1.29 is 48.7 Å². The van der Waals surface area contributed by atoms with Gasteiger partial charge in [-0.05, 0) is 23.3 Å². The van der Waals surface area contributed by atoms with Crippen LogP contribution in [-0.2, 0) is 18.9 Å². The standard InChI is InChI=1S/C23H10F9N5O/c24-15-6-17(26)16(25)5-13(15)21-34-19-7-33-37(9-20(19)35-21)8-11-4-18(36-38-11)12-2-1-10(22(27,28)29)3-14(12)23(30,31)32/h1-7,9H,8H2/p+1. The van der Waals surface area contributed by atoms with Crippen LogP contribution < -0.4 is 4.68 Å². The van der Waals surface area contributed by atoms with Crippen LogP contribution in [-0.4, -0.2) is 20.2 Å². The number of nitrogens with one attached hydrogen (secondary N) is 1. The molecule has 3 heterocycles. The molecule has 15 heteroatoms. The number of aromatic amines is 1. The molecular formula is C23H11F9N5O+. The minimum absolute atomic E-state index is 0.000428. The van der Waals surface area contributed by atoms with Gasteiger partial charge in [0, 0.05) is 17.7 Å². The second-order valence-corrected chi connectivity index (χ2v) is 8.04. The quantitative estimate of drug-likeness (QED) is 0.169. The number of nitrogens with zero attached hydrogens (tertiary/aromatic N) is 4. The van der Waals surface area contributed by atoms with Crippen molar-refractivity contribution in [1.82, 2.24) is 20.2 Å². The zero-order valence-electron chi connectivity index (χ0n) is 18.4. The van der Waals surface area contributed by atoms with E-state index in [0.29, 0.717) is 29.8 Å². The zero-order valence-corrected chi connectivity index (χ0v) is 18.4. The van der Waals surface area contributed by atoms with Crippen LogP contribution in [0.2, 0.25) is 0 Å². The van der Waals surface area contributed by atoms with Crippen molar-refractivity contribution in [1.29, 1.82) is 0 Å². The number of rotatable bonds is 4. The molecule has 3 aromatic heterocycles. The summed E-state index contributed by atoms with van der Waals surface area (Å²) < 4.78 is 126. The highest BCUT2D eigenvalue weighted by Gasteiger charge is 2.39. The van der Waals surface area contributed by atoms with E-state index in [1.165, 1.54) is 17.1 Å². The van der Waals surface area contributed by atoms with Crippen molar-refractivity contribution in [2.24, 2.45) is 0 Å². The minimum Gasteiger partial charge on any atom is -0.354 e. The van der Waals surface area contributed by atoms with Crippen LogP contribution in [0.1, 0.15) is 16.9 Å². The molecule has 6 nitrogen and oxygen atoms in total. The average molecular weight is 544 g/mol. The molecule has 196 valence electrons. The van der Waals surface area contributed by atoms with E-state index >= 15 is 0 Å². The Morgan fingerprint density at radius 2 is 1.58 bits per heavy atom. The van der Waals surface area contributed by atoms with Crippen molar-refractivity contribution in [2.75, 3.05) is 0 Å². The van der Waals surface area contributed by atoms with Crippen LogP contribution in [0.15, 0.2) is 53.3 Å². The number of H-pyrrole nitrogens is 1. The third-order valence-corrected chi connectivity index (χ3v) is 5.44. The first-order valence-corrected chi connectivity index (χ1v) is 10.4. The molecule has 0 saturated carbocycles. The third-order valence-electron chi connectivity index (χ3n) is 5.44. The van der Waals surface area contributed by atoms with Crippen LogP contribution in [0.4, 0.5) is 39.5 Å². The molecular weight excluding hydrogens is 533 g/mol. The van der Waals surface area contributed by atoms with E-state index in [0.717, 1.165) is 6.07 Å². The number of benzene rings is 2. The Balaban J connectivity index is 1.44. The van der Waals surface area contributed by atoms with E-state index in [1.54, 1.807) is 0 Å². The molecule has 5 aromatic rings. The number of imidazole rings is 1. The second kappa shape index (κ2) is 8.85. The number of aromatic nitrogens is 5. The predicted molar refractivity (Wildman–Crippen MR) is 110 cm³/mol. The molecule has 0 spiro atoms. The van der Waals surface area contributed by atoms with Crippen LogP contribution in [0.25, 0.3) is 33.7 Å². The van der Waals surface area contributed by atoms with Gasteiger partial charge in [-0.25, -0.2) is 18.2 Å². The van der Waals surface area contributed by atoms with E-state index < -0.39 is 46.5 Å². The monoisotopic (exact) mass is 544 g/mol. The summed E-state index contributed by atoms with van der Waals surface area (Å²) in [6, 6.07) is 3.30. The molecule has 0 amide bonds. The van der Waals surface area contributed by atoms with Gasteiger partial charge >= 0.3 is 12.4 Å². The molecule has 0 aliphatic carbocycles. The lowest BCUT2D eigenvalue weighted by atomic mass is 10.0. The first-order valence-electron chi connectivity index (χ1n) is 10.4. The van der Waals surface area contributed by atoms with Gasteiger partial charge in [-0.2, -0.15) is 26.3 Å². The third kappa shape index (κ3) is 4.78. The van der Waals surface area contributed by atoms with E-state index in [4.69, 9.17) is 4.52 Å². The molecule has 5 rings (SSSR count). The zero-order chi connectivity index (χ0) is 27.4. The maximum absolute atomic E-state index is 14.1. The predicted octanol–water partition coefficient (Wildman–Crippen LogP) is 6.07. The van der Waals surface area contributed by atoms with Gasteiger partial charge in [-0.15, -0.1) is 0 Å². The molecule has 1 N–H and O–H groups in total. The Hall–Kier alpha value is -4.43. The summed E-state index contributed by atoms with van der Waals surface area (Å²) in [5, 5.41) is 7.61. The first kappa shape index (κ1) is 25.2. The number of alkyl halides is 6. The van der Waals surface area contributed by atoms with Gasteiger partial charge in [0.1, 0.15) is 34.6 Å². The lowest BCUT2D eigenvalue weighted by Crippen LogP contribution is -2.37. The Bertz CT molecular complexity index is 1670. The van der Waals surface area contributed by atoms with E-state index in [-0.39, 0.29) is 41.0 Å². The largest absolute Gasteiger partial charge is 0.417 e. The molecule has 2 aromatic carbocycles. The van der Waals surface area contributed by atoms with Crippen molar-refractivity contribution in [3.63, 3.8) is 0 Å². The van der Waals surface area contributed by atoms with Crippen molar-refractivity contribution >= 4 is 11.0 Å². The van der Waals surface area contributed by atoms with Crippen molar-refractivity contribution in [3.05, 3.63) is 83.1 Å². The summed E-state index contributed by atoms with van der Waals surface area (Å²) in [6.45, 7) is -0.168. The van der Waals surface area contributed by atoms with Gasteiger partial charge < -0.3 is 9.51 Å². The maximum atomic E-state index is 14.1. The summed E-state index contributed by atoms with van der Waals surface area (Å²) in [4.78, 5) is 6.81. The fraction of sp³-hybridized carbons (Fsp3) is 0.130. The van der Waals surface area contributed by atoms with Crippen LogP contribution in [0.3, 0.4) is 0 Å². The number of halogens is 9. The fourth-order valence-corrected chi connectivity index (χ4v) is 3.68. The van der Waals surface area contributed by atoms with Gasteiger partial charge in [0.25, 0.3) is 0 Å². The molecule has 0 bridgehead atoms. The van der Waals surface area contributed by atoms with Crippen molar-refractivity contribution in [2.45, 2.75) is 18.9 Å². The van der Waals surface area contributed by atoms with Gasteiger partial charge in [0.15, 0.2) is 11.6 Å². The SMILES string of the molecule is Fc1cc(F)c(-c2nc3cn[n+](Cc4cc(-c5ccc(C(F)(F)F)cc5C(F)(F)F)no4)cc3[nH]2)cc1F. The summed E-state index contributed by atoms with van der Waals surface area (Å²) in [6.07, 6.45) is -7.44. The average Bonchev–Trinajstić information content (AvgIpc) is 3.46. The van der Waals surface area contributed by atoms with Crippen LogP contribution in [0, 0.1) is 17.5 Å². The highest BCUT2D eigenvalue weighted by atomic mass is 19.4. The minimum atomic E-state index is -5.09. The van der Waals surface area contributed by atoms with E-state index in [2.05, 4.69) is 20.2 Å². The Kier molecular flexibility index (Phi) is 5.87. The fourth-order valence-electron chi connectivity index (χ4n) is 3.68. The number of hydrogen-bond donors (Lipinski definition) is 1. The van der Waals surface area contributed by atoms with Crippen LogP contribution >= 0.6 is 0 Å². The molecule has 0 aliphatic heterocycles. The summed E-state index contributed by atoms with van der Waals surface area (Å²) in [5.41, 5.74) is -3.76. The number of fused-ring (bicyclic) bond motifs is 1. The van der Waals surface area contributed by atoms with Crippen LogP contribution in [0.5, 0.6) is 0 Å². The van der Waals surface area contributed by atoms with Gasteiger partial charge in [-0.3, -0.25) is 0 Å². The van der Waals surface area contributed by atoms with Gasteiger partial charge in [0.05, 0.1) is 16.7 Å². The Morgan fingerprint density at radius 3 is 2.29 bits per heavy atom. The normalized spacial score (nSPS) is 12.4. The van der Waals surface area contributed by atoms with Gasteiger partial charge in [-0.1, -0.05) is 15.9 Å². The Morgan fingerprint density at radius 1 is 0.842 bits per heavy atom. The highest BCUT2D eigenvalue weighted by molar-refractivity contribution is 5.77. The molecule has 0 aliphatic rings.